The van der Waals surface area contributed by atoms with Crippen molar-refractivity contribution in [2.45, 2.75) is 70.9 Å². The Hall–Kier alpha value is -1.57. The number of cyclic esters (lactones) is 1. The molecule has 1 aromatic rings. The van der Waals surface area contributed by atoms with Crippen LogP contribution in [-0.2, 0) is 20.5 Å². The van der Waals surface area contributed by atoms with E-state index in [1.165, 1.54) is 0 Å². The van der Waals surface area contributed by atoms with Crippen LogP contribution in [0, 0.1) is 0 Å². The van der Waals surface area contributed by atoms with E-state index in [1.807, 2.05) is 39.8 Å². The maximum atomic E-state index is 12.2. The Bertz CT molecular complexity index is 685. The molecule has 0 amide bonds. The number of hydrogen-bond acceptors (Lipinski definition) is 5. The number of quaternary nitrogens is 1. The molecule has 7 heteroatoms. The van der Waals surface area contributed by atoms with Gasteiger partial charge in [-0.15, -0.1) is 0 Å². The summed E-state index contributed by atoms with van der Waals surface area (Å²) in [6.07, 6.45) is 0.573. The van der Waals surface area contributed by atoms with E-state index < -0.39 is 24.1 Å². The summed E-state index contributed by atoms with van der Waals surface area (Å²) < 4.78 is 23.4. The first-order chi connectivity index (χ1) is 11.4. The van der Waals surface area contributed by atoms with Crippen molar-refractivity contribution in [3.05, 3.63) is 29.3 Å². The summed E-state index contributed by atoms with van der Waals surface area (Å²) in [7, 11) is -0.413. The summed E-state index contributed by atoms with van der Waals surface area (Å²) in [5.41, 5.74) is 4.78. The Labute approximate surface area is 149 Å². The second-order valence-electron chi connectivity index (χ2n) is 8.27. The molecule has 3 N–H and O–H groups in total. The largest absolute Gasteiger partial charge is 0.522 e. The van der Waals surface area contributed by atoms with Crippen molar-refractivity contribution < 1.29 is 29.3 Å². The molecule has 2 heterocycles. The fraction of sp³-hybridized carbons (Fsp3) is 0.611. The molecule has 2 aliphatic rings. The van der Waals surface area contributed by atoms with Gasteiger partial charge in [0.2, 0.25) is 5.79 Å². The topological polar surface area (TPSA) is 81.6 Å². The van der Waals surface area contributed by atoms with Gasteiger partial charge in [0.1, 0.15) is 17.3 Å². The van der Waals surface area contributed by atoms with Crippen LogP contribution in [0.4, 0.5) is 0 Å². The van der Waals surface area contributed by atoms with Crippen molar-refractivity contribution in [2.75, 3.05) is 0 Å². The van der Waals surface area contributed by atoms with E-state index in [0.29, 0.717) is 17.7 Å². The number of fused-ring (bicyclic) bond motifs is 1. The predicted molar refractivity (Wildman–Crippen MR) is 93.0 cm³/mol. The Morgan fingerprint density at radius 1 is 1.04 bits per heavy atom. The lowest BCUT2D eigenvalue weighted by Gasteiger charge is -2.33. The van der Waals surface area contributed by atoms with Gasteiger partial charge < -0.3 is 24.5 Å². The highest BCUT2D eigenvalue weighted by Gasteiger charge is 2.54. The standard InChI is InChI=1S/C18H26BNO5/c1-16(2)17(3,4)25-19(24-16)13(20)10-11-8-7-9-12-14(11)22-18(5,6)23-15(12)21/h7-9,13H,10,20H2,1-6H3/p+1/t13-/m0/s1. The van der Waals surface area contributed by atoms with Crippen LogP contribution in [0.3, 0.4) is 0 Å². The monoisotopic (exact) mass is 348 g/mol. The summed E-state index contributed by atoms with van der Waals surface area (Å²) in [5.74, 6) is -0.934. The van der Waals surface area contributed by atoms with E-state index in [1.54, 1.807) is 19.9 Å². The molecular formula is C18H27BNO5+. The number of carbonyl (C=O) groups is 1. The lowest BCUT2D eigenvalue weighted by molar-refractivity contribution is -0.397. The molecule has 1 atom stereocenters. The summed E-state index contributed by atoms with van der Waals surface area (Å²) >= 11 is 0. The average molecular weight is 348 g/mol. The molecule has 0 aliphatic carbocycles. The maximum Gasteiger partial charge on any atom is 0.522 e. The van der Waals surface area contributed by atoms with Gasteiger partial charge in [-0.05, 0) is 33.8 Å². The molecule has 1 aromatic carbocycles. The zero-order valence-electron chi connectivity index (χ0n) is 15.8. The molecule has 3 rings (SSSR count). The third-order valence-corrected chi connectivity index (χ3v) is 5.14. The molecule has 6 nitrogen and oxygen atoms in total. The summed E-state index contributed by atoms with van der Waals surface area (Å²) in [4.78, 5) is 12.2. The quantitative estimate of drug-likeness (QED) is 0.665. The number of ether oxygens (including phenoxy) is 2. The van der Waals surface area contributed by atoms with Crippen molar-refractivity contribution >= 4 is 13.1 Å². The summed E-state index contributed by atoms with van der Waals surface area (Å²) in [6.45, 7) is 11.5. The van der Waals surface area contributed by atoms with Gasteiger partial charge in [0.25, 0.3) is 0 Å². The van der Waals surface area contributed by atoms with Crippen LogP contribution in [-0.4, -0.2) is 36.0 Å². The van der Waals surface area contributed by atoms with Crippen molar-refractivity contribution in [3.8, 4) is 5.75 Å². The van der Waals surface area contributed by atoms with Gasteiger partial charge in [0.15, 0.2) is 0 Å². The van der Waals surface area contributed by atoms with Gasteiger partial charge >= 0.3 is 13.1 Å². The second-order valence-corrected chi connectivity index (χ2v) is 8.27. The first kappa shape index (κ1) is 18.2. The first-order valence-corrected chi connectivity index (χ1v) is 8.65. The van der Waals surface area contributed by atoms with Gasteiger partial charge in [0, 0.05) is 25.8 Å². The van der Waals surface area contributed by atoms with Crippen molar-refractivity contribution in [2.24, 2.45) is 0 Å². The van der Waals surface area contributed by atoms with Gasteiger partial charge in [0.05, 0.1) is 11.2 Å². The Balaban J connectivity index is 1.83. The third-order valence-electron chi connectivity index (χ3n) is 5.14. The lowest BCUT2D eigenvalue weighted by Crippen LogP contribution is -2.70. The molecule has 0 spiro atoms. The molecule has 136 valence electrons. The van der Waals surface area contributed by atoms with Gasteiger partial charge in [-0.25, -0.2) is 4.79 Å². The third kappa shape index (κ3) is 3.28. The highest BCUT2D eigenvalue weighted by Crippen LogP contribution is 2.39. The fourth-order valence-electron chi connectivity index (χ4n) is 3.03. The molecular weight excluding hydrogens is 321 g/mol. The van der Waals surface area contributed by atoms with E-state index in [4.69, 9.17) is 18.8 Å². The molecule has 0 unspecified atom stereocenters. The number of para-hydroxylation sites is 1. The molecule has 1 saturated heterocycles. The fourth-order valence-corrected chi connectivity index (χ4v) is 3.03. The summed E-state index contributed by atoms with van der Waals surface area (Å²) in [6, 6.07) is 5.48. The normalized spacial score (nSPS) is 24.3. The molecule has 0 saturated carbocycles. The Morgan fingerprint density at radius 3 is 2.24 bits per heavy atom. The number of carbonyl (C=O) groups excluding carboxylic acids is 1. The Morgan fingerprint density at radius 2 is 1.64 bits per heavy atom. The van der Waals surface area contributed by atoms with Gasteiger partial charge in [-0.2, -0.15) is 0 Å². The van der Waals surface area contributed by atoms with Crippen molar-refractivity contribution in [1.29, 1.82) is 0 Å². The SMILES string of the molecule is CC1(C)OC(=O)c2cccc(C[C@H]([NH3+])B3OC(C)(C)C(C)(C)O3)c2O1. The van der Waals surface area contributed by atoms with E-state index in [9.17, 15) is 4.79 Å². The molecule has 2 aliphatic heterocycles. The number of esters is 1. The van der Waals surface area contributed by atoms with Gasteiger partial charge in [-0.3, -0.25) is 0 Å². The van der Waals surface area contributed by atoms with Crippen LogP contribution in [0.15, 0.2) is 18.2 Å². The zero-order chi connectivity index (χ0) is 18.6. The Kier molecular flexibility index (Phi) is 4.17. The lowest BCUT2D eigenvalue weighted by atomic mass is 9.75. The van der Waals surface area contributed by atoms with Crippen LogP contribution >= 0.6 is 0 Å². The van der Waals surface area contributed by atoms with Crippen molar-refractivity contribution in [1.82, 2.24) is 0 Å². The molecule has 0 aromatic heterocycles. The summed E-state index contributed by atoms with van der Waals surface area (Å²) in [5, 5.41) is 0. The van der Waals surface area contributed by atoms with Gasteiger partial charge in [-0.1, -0.05) is 12.1 Å². The minimum Gasteiger partial charge on any atom is -0.452 e. The number of hydrogen-bond donors (Lipinski definition) is 1. The van der Waals surface area contributed by atoms with Crippen LogP contribution < -0.4 is 10.5 Å². The molecule has 0 radical (unpaired) electrons. The molecule has 25 heavy (non-hydrogen) atoms. The molecule has 0 bridgehead atoms. The van der Waals surface area contributed by atoms with Crippen LogP contribution in [0.5, 0.6) is 5.75 Å². The second kappa shape index (κ2) is 5.72. The highest BCUT2D eigenvalue weighted by molar-refractivity contribution is 6.46. The minimum atomic E-state index is -0.985. The van der Waals surface area contributed by atoms with E-state index >= 15 is 0 Å². The predicted octanol–water partition coefficient (Wildman–Crippen LogP) is 1.76. The smallest absolute Gasteiger partial charge is 0.452 e. The number of rotatable bonds is 3. The maximum absolute atomic E-state index is 12.2. The number of benzene rings is 1. The molecule has 1 fully saturated rings. The van der Waals surface area contributed by atoms with Crippen LogP contribution in [0.2, 0.25) is 0 Å². The minimum absolute atomic E-state index is 0.141. The highest BCUT2D eigenvalue weighted by atomic mass is 16.7. The van der Waals surface area contributed by atoms with E-state index in [-0.39, 0.29) is 11.9 Å². The zero-order valence-corrected chi connectivity index (χ0v) is 15.8. The first-order valence-electron chi connectivity index (χ1n) is 8.65. The van der Waals surface area contributed by atoms with Crippen LogP contribution in [0.1, 0.15) is 57.5 Å². The van der Waals surface area contributed by atoms with Crippen molar-refractivity contribution in [3.63, 3.8) is 0 Å². The van der Waals surface area contributed by atoms with E-state index in [0.717, 1.165) is 5.56 Å². The van der Waals surface area contributed by atoms with Crippen LogP contribution in [0.25, 0.3) is 0 Å². The van der Waals surface area contributed by atoms with E-state index in [2.05, 4.69) is 5.73 Å². The average Bonchev–Trinajstić information content (AvgIpc) is 2.67.